The Morgan fingerprint density at radius 3 is 2.40 bits per heavy atom. The van der Waals surface area contributed by atoms with Crippen LogP contribution in [-0.2, 0) is 5.41 Å². The van der Waals surface area contributed by atoms with Crippen LogP contribution in [0.25, 0.3) is 0 Å². The van der Waals surface area contributed by atoms with E-state index in [1.54, 1.807) is 0 Å². The second kappa shape index (κ2) is 4.52. The maximum atomic E-state index is 6.03. The Balaban J connectivity index is 3.22. The predicted octanol–water partition coefficient (Wildman–Crippen LogP) is 3.90. The average molecular weight is 203 g/mol. The zero-order valence-corrected chi connectivity index (χ0v) is 10.2. The number of allylic oxidation sites excluding steroid dienone is 2. The van der Waals surface area contributed by atoms with Gasteiger partial charge in [-0.1, -0.05) is 50.6 Å². The lowest BCUT2D eigenvalue weighted by Crippen LogP contribution is -2.21. The molecule has 1 heteroatoms. The molecule has 2 N–H and O–H groups in total. The van der Waals surface area contributed by atoms with Crippen LogP contribution in [0.15, 0.2) is 35.9 Å². The highest BCUT2D eigenvalue weighted by molar-refractivity contribution is 5.53. The summed E-state index contributed by atoms with van der Waals surface area (Å²) in [5, 5.41) is 0. The van der Waals surface area contributed by atoms with E-state index in [0.717, 1.165) is 12.1 Å². The van der Waals surface area contributed by atoms with E-state index in [0.29, 0.717) is 0 Å². The van der Waals surface area contributed by atoms with Gasteiger partial charge in [-0.05, 0) is 25.0 Å². The standard InChI is InChI=1S/C14H21N/c1-5-11(6-2)14(3,4)12-9-7-8-10-13(12)15/h5,7-10H,6,15H2,1-4H3/b11-5+. The molecule has 82 valence electrons. The minimum absolute atomic E-state index is 0.0366. The number of rotatable bonds is 3. The average Bonchev–Trinajstić information content (AvgIpc) is 2.19. The molecule has 0 aliphatic heterocycles. The molecule has 1 aromatic carbocycles. The van der Waals surface area contributed by atoms with Crippen molar-refractivity contribution >= 4 is 5.69 Å². The summed E-state index contributed by atoms with van der Waals surface area (Å²) in [6.07, 6.45) is 3.27. The number of nitrogen functional groups attached to an aromatic ring is 1. The van der Waals surface area contributed by atoms with Gasteiger partial charge in [0.1, 0.15) is 0 Å². The Labute approximate surface area is 93.0 Å². The molecule has 0 radical (unpaired) electrons. The van der Waals surface area contributed by atoms with Gasteiger partial charge in [0.2, 0.25) is 0 Å². The quantitative estimate of drug-likeness (QED) is 0.585. The van der Waals surface area contributed by atoms with E-state index in [9.17, 15) is 0 Å². The molecule has 0 fully saturated rings. The highest BCUT2D eigenvalue weighted by Crippen LogP contribution is 2.36. The van der Waals surface area contributed by atoms with Crippen molar-refractivity contribution < 1.29 is 0 Å². The smallest absolute Gasteiger partial charge is 0.0355 e. The molecule has 0 aliphatic rings. The van der Waals surface area contributed by atoms with Gasteiger partial charge >= 0.3 is 0 Å². The third-order valence-corrected chi connectivity index (χ3v) is 3.17. The molecule has 0 saturated heterocycles. The Kier molecular flexibility index (Phi) is 3.57. The minimum atomic E-state index is 0.0366. The fourth-order valence-corrected chi connectivity index (χ4v) is 2.25. The number of para-hydroxylation sites is 1. The third kappa shape index (κ3) is 2.23. The van der Waals surface area contributed by atoms with E-state index in [4.69, 9.17) is 5.73 Å². The summed E-state index contributed by atoms with van der Waals surface area (Å²) < 4.78 is 0. The Morgan fingerprint density at radius 1 is 1.33 bits per heavy atom. The molecule has 1 nitrogen and oxygen atoms in total. The maximum absolute atomic E-state index is 6.03. The van der Waals surface area contributed by atoms with E-state index in [1.165, 1.54) is 11.1 Å². The molecule has 0 unspecified atom stereocenters. The highest BCUT2D eigenvalue weighted by atomic mass is 14.6. The molecule has 1 rings (SSSR count). The first-order chi connectivity index (χ1) is 7.04. The van der Waals surface area contributed by atoms with Gasteiger partial charge < -0.3 is 5.73 Å². The van der Waals surface area contributed by atoms with Crippen molar-refractivity contribution in [2.24, 2.45) is 0 Å². The molecular formula is C14H21N. The Hall–Kier alpha value is -1.24. The number of hydrogen-bond donors (Lipinski definition) is 1. The SMILES string of the molecule is C/C=C(\CC)C(C)(C)c1ccccc1N. The van der Waals surface area contributed by atoms with Gasteiger partial charge in [0.05, 0.1) is 0 Å². The zero-order valence-electron chi connectivity index (χ0n) is 10.2. The molecule has 0 bridgehead atoms. The van der Waals surface area contributed by atoms with Crippen LogP contribution < -0.4 is 5.73 Å². The van der Waals surface area contributed by atoms with Gasteiger partial charge in [-0.25, -0.2) is 0 Å². The van der Waals surface area contributed by atoms with Crippen molar-refractivity contribution in [2.75, 3.05) is 5.73 Å². The maximum Gasteiger partial charge on any atom is 0.0355 e. The molecule has 0 atom stereocenters. The molecule has 0 aromatic heterocycles. The zero-order chi connectivity index (χ0) is 11.5. The molecule has 0 saturated carbocycles. The van der Waals surface area contributed by atoms with Crippen molar-refractivity contribution in [3.63, 3.8) is 0 Å². The van der Waals surface area contributed by atoms with Crippen LogP contribution in [0.5, 0.6) is 0 Å². The van der Waals surface area contributed by atoms with E-state index in [1.807, 2.05) is 12.1 Å². The van der Waals surface area contributed by atoms with Crippen molar-refractivity contribution in [1.82, 2.24) is 0 Å². The number of hydrogen-bond acceptors (Lipinski definition) is 1. The molecule has 15 heavy (non-hydrogen) atoms. The van der Waals surface area contributed by atoms with E-state index >= 15 is 0 Å². The minimum Gasteiger partial charge on any atom is -0.398 e. The van der Waals surface area contributed by atoms with E-state index < -0.39 is 0 Å². The van der Waals surface area contributed by atoms with Crippen LogP contribution in [0.2, 0.25) is 0 Å². The summed E-state index contributed by atoms with van der Waals surface area (Å²) in [5.74, 6) is 0. The summed E-state index contributed by atoms with van der Waals surface area (Å²) >= 11 is 0. The summed E-state index contributed by atoms with van der Waals surface area (Å²) in [6, 6.07) is 8.13. The highest BCUT2D eigenvalue weighted by Gasteiger charge is 2.25. The molecule has 0 amide bonds. The fraction of sp³-hybridized carbons (Fsp3) is 0.429. The Bertz CT molecular complexity index is 361. The summed E-state index contributed by atoms with van der Waals surface area (Å²) in [7, 11) is 0. The first kappa shape index (κ1) is 11.8. The van der Waals surface area contributed by atoms with Gasteiger partial charge in [-0.3, -0.25) is 0 Å². The van der Waals surface area contributed by atoms with Crippen molar-refractivity contribution in [2.45, 2.75) is 39.5 Å². The lowest BCUT2D eigenvalue weighted by atomic mass is 9.76. The largest absolute Gasteiger partial charge is 0.398 e. The second-order valence-corrected chi connectivity index (χ2v) is 4.38. The number of benzene rings is 1. The predicted molar refractivity (Wildman–Crippen MR) is 67.9 cm³/mol. The summed E-state index contributed by atoms with van der Waals surface area (Å²) in [6.45, 7) is 8.75. The van der Waals surface area contributed by atoms with Crippen LogP contribution in [0.4, 0.5) is 5.69 Å². The van der Waals surface area contributed by atoms with Gasteiger partial charge in [-0.2, -0.15) is 0 Å². The number of anilines is 1. The van der Waals surface area contributed by atoms with Crippen LogP contribution in [0.3, 0.4) is 0 Å². The van der Waals surface area contributed by atoms with Gasteiger partial charge in [-0.15, -0.1) is 0 Å². The van der Waals surface area contributed by atoms with Gasteiger partial charge in [0.15, 0.2) is 0 Å². The van der Waals surface area contributed by atoms with Crippen LogP contribution in [-0.4, -0.2) is 0 Å². The molecule has 0 aliphatic carbocycles. The Morgan fingerprint density at radius 2 is 1.93 bits per heavy atom. The van der Waals surface area contributed by atoms with Crippen molar-refractivity contribution in [3.05, 3.63) is 41.5 Å². The molecule has 1 aromatic rings. The van der Waals surface area contributed by atoms with Gasteiger partial charge in [0.25, 0.3) is 0 Å². The molecule has 0 heterocycles. The van der Waals surface area contributed by atoms with E-state index in [-0.39, 0.29) is 5.41 Å². The molecule has 0 spiro atoms. The fourth-order valence-electron chi connectivity index (χ4n) is 2.25. The van der Waals surface area contributed by atoms with Crippen LogP contribution >= 0.6 is 0 Å². The lowest BCUT2D eigenvalue weighted by molar-refractivity contribution is 0.602. The number of nitrogens with two attached hydrogens (primary N) is 1. The first-order valence-corrected chi connectivity index (χ1v) is 5.54. The van der Waals surface area contributed by atoms with Crippen molar-refractivity contribution in [1.29, 1.82) is 0 Å². The second-order valence-electron chi connectivity index (χ2n) is 4.38. The van der Waals surface area contributed by atoms with Crippen molar-refractivity contribution in [3.8, 4) is 0 Å². The molecular weight excluding hydrogens is 182 g/mol. The lowest BCUT2D eigenvalue weighted by Gasteiger charge is -2.29. The van der Waals surface area contributed by atoms with Crippen LogP contribution in [0.1, 0.15) is 39.7 Å². The normalized spacial score (nSPS) is 12.9. The van der Waals surface area contributed by atoms with Crippen LogP contribution in [0, 0.1) is 0 Å². The monoisotopic (exact) mass is 203 g/mol. The topological polar surface area (TPSA) is 26.0 Å². The first-order valence-electron chi connectivity index (χ1n) is 5.54. The van der Waals surface area contributed by atoms with Gasteiger partial charge in [0, 0.05) is 11.1 Å². The summed E-state index contributed by atoms with van der Waals surface area (Å²) in [4.78, 5) is 0. The summed E-state index contributed by atoms with van der Waals surface area (Å²) in [5.41, 5.74) is 9.60. The third-order valence-electron chi connectivity index (χ3n) is 3.17. The van der Waals surface area contributed by atoms with E-state index in [2.05, 4.69) is 45.9 Å².